The van der Waals surface area contributed by atoms with Crippen LogP contribution in [0.5, 0.6) is 0 Å². The molecule has 2 aromatic rings. The van der Waals surface area contributed by atoms with E-state index in [0.717, 1.165) is 11.1 Å². The van der Waals surface area contributed by atoms with E-state index in [1.165, 1.54) is 0 Å². The monoisotopic (exact) mass is 250 g/mol. The van der Waals surface area contributed by atoms with Crippen molar-refractivity contribution < 1.29 is 9.90 Å². The lowest BCUT2D eigenvalue weighted by Crippen LogP contribution is -1.97. The molecule has 17 heavy (non-hydrogen) atoms. The summed E-state index contributed by atoms with van der Waals surface area (Å²) in [4.78, 5) is 15.0. The Labute approximate surface area is 103 Å². The summed E-state index contributed by atoms with van der Waals surface area (Å²) in [6.45, 7) is 1.98. The topological polar surface area (TPSA) is 55.1 Å². The molecule has 0 aliphatic rings. The Hall–Kier alpha value is -1.81. The molecule has 1 aromatic heterocycles. The summed E-state index contributed by atoms with van der Waals surface area (Å²) in [6.07, 6.45) is 0. The maximum absolute atomic E-state index is 10.9. The van der Waals surface area contributed by atoms with Crippen LogP contribution in [0.15, 0.2) is 24.3 Å². The number of benzene rings is 1. The summed E-state index contributed by atoms with van der Waals surface area (Å²) in [5.74, 6) is -0.573. The highest BCUT2D eigenvalue weighted by Crippen LogP contribution is 2.24. The Morgan fingerprint density at radius 1 is 1.35 bits per heavy atom. The van der Waals surface area contributed by atoms with Gasteiger partial charge in [-0.15, -0.1) is 0 Å². The van der Waals surface area contributed by atoms with Crippen LogP contribution < -0.4 is 0 Å². The first-order chi connectivity index (χ1) is 8.00. The molecule has 4 nitrogen and oxygen atoms in total. The quantitative estimate of drug-likeness (QED) is 0.892. The second kappa shape index (κ2) is 4.22. The van der Waals surface area contributed by atoms with Gasteiger partial charge in [-0.05, 0) is 6.92 Å². The second-order valence-electron chi connectivity index (χ2n) is 3.81. The van der Waals surface area contributed by atoms with Gasteiger partial charge in [0.25, 0.3) is 0 Å². The number of imidazole rings is 1. The number of carboxylic acid groups (broad SMARTS) is 1. The van der Waals surface area contributed by atoms with Crippen molar-refractivity contribution in [1.29, 1.82) is 0 Å². The van der Waals surface area contributed by atoms with Crippen LogP contribution in [0.4, 0.5) is 0 Å². The molecule has 1 aromatic carbocycles. The zero-order valence-corrected chi connectivity index (χ0v) is 10.2. The molecule has 0 fully saturated rings. The lowest BCUT2D eigenvalue weighted by molar-refractivity contribution is 0.0691. The highest BCUT2D eigenvalue weighted by atomic mass is 35.5. The Morgan fingerprint density at radius 2 is 1.94 bits per heavy atom. The Bertz CT molecular complexity index is 573. The number of aromatic carboxylic acids is 1. The third-order valence-electron chi connectivity index (χ3n) is 2.54. The number of halogens is 1. The van der Waals surface area contributed by atoms with E-state index in [1.807, 2.05) is 31.2 Å². The molecule has 1 heterocycles. The Morgan fingerprint density at radius 3 is 2.41 bits per heavy atom. The molecule has 2 rings (SSSR count). The minimum absolute atomic E-state index is 0.121. The third-order valence-corrected chi connectivity index (χ3v) is 2.97. The van der Waals surface area contributed by atoms with Gasteiger partial charge in [0.15, 0.2) is 5.69 Å². The van der Waals surface area contributed by atoms with Crippen molar-refractivity contribution >= 4 is 17.6 Å². The van der Waals surface area contributed by atoms with Crippen molar-refractivity contribution in [2.45, 2.75) is 6.92 Å². The maximum Gasteiger partial charge on any atom is 0.357 e. The molecule has 0 aliphatic heterocycles. The van der Waals surface area contributed by atoms with E-state index in [4.69, 9.17) is 16.7 Å². The molecule has 0 saturated heterocycles. The average molecular weight is 251 g/mol. The van der Waals surface area contributed by atoms with Gasteiger partial charge in [0.2, 0.25) is 0 Å². The van der Waals surface area contributed by atoms with Crippen LogP contribution in [0.2, 0.25) is 5.15 Å². The largest absolute Gasteiger partial charge is 0.476 e. The lowest BCUT2D eigenvalue weighted by Gasteiger charge is -2.02. The zero-order valence-electron chi connectivity index (χ0n) is 9.44. The van der Waals surface area contributed by atoms with E-state index >= 15 is 0 Å². The fraction of sp³-hybridized carbons (Fsp3) is 0.167. The summed E-state index contributed by atoms with van der Waals surface area (Å²) in [5.41, 5.74) is 1.85. The number of carboxylic acids is 1. The van der Waals surface area contributed by atoms with E-state index in [1.54, 1.807) is 11.6 Å². The van der Waals surface area contributed by atoms with Crippen molar-refractivity contribution in [3.05, 3.63) is 40.7 Å². The second-order valence-corrected chi connectivity index (χ2v) is 4.16. The Balaban J connectivity index is 2.56. The fourth-order valence-corrected chi connectivity index (χ4v) is 1.78. The smallest absolute Gasteiger partial charge is 0.357 e. The van der Waals surface area contributed by atoms with Crippen LogP contribution in [0.25, 0.3) is 11.4 Å². The SMILES string of the molecule is Cc1ccc(-c2nc(C(=O)O)c(Cl)n2C)cc1. The van der Waals surface area contributed by atoms with Gasteiger partial charge in [-0.1, -0.05) is 41.4 Å². The van der Waals surface area contributed by atoms with E-state index in [2.05, 4.69) is 4.98 Å². The van der Waals surface area contributed by atoms with Crippen LogP contribution in [-0.4, -0.2) is 20.6 Å². The summed E-state index contributed by atoms with van der Waals surface area (Å²) >= 11 is 5.91. The third kappa shape index (κ3) is 2.03. The standard InChI is InChI=1S/C12H11ClN2O2/c1-7-3-5-8(6-4-7)11-14-9(12(16)17)10(13)15(11)2/h3-6H,1-2H3,(H,16,17). The maximum atomic E-state index is 10.9. The molecule has 0 saturated carbocycles. The normalized spacial score (nSPS) is 10.5. The molecule has 0 unspecified atom stereocenters. The summed E-state index contributed by atoms with van der Waals surface area (Å²) in [7, 11) is 1.69. The first-order valence-corrected chi connectivity index (χ1v) is 5.41. The van der Waals surface area contributed by atoms with Crippen molar-refractivity contribution in [2.24, 2.45) is 7.05 Å². The molecule has 0 bridgehead atoms. The van der Waals surface area contributed by atoms with Crippen molar-refractivity contribution in [3.8, 4) is 11.4 Å². The molecule has 0 aliphatic carbocycles. The van der Waals surface area contributed by atoms with Gasteiger partial charge in [-0.25, -0.2) is 9.78 Å². The minimum Gasteiger partial charge on any atom is -0.476 e. The van der Waals surface area contributed by atoms with Gasteiger partial charge in [0.1, 0.15) is 11.0 Å². The van der Waals surface area contributed by atoms with E-state index in [-0.39, 0.29) is 10.8 Å². The number of hydrogen-bond donors (Lipinski definition) is 1. The predicted molar refractivity (Wildman–Crippen MR) is 65.4 cm³/mol. The highest BCUT2D eigenvalue weighted by Gasteiger charge is 2.19. The lowest BCUT2D eigenvalue weighted by atomic mass is 10.1. The molecule has 0 radical (unpaired) electrons. The van der Waals surface area contributed by atoms with Gasteiger partial charge < -0.3 is 9.67 Å². The van der Waals surface area contributed by atoms with E-state index in [9.17, 15) is 4.79 Å². The van der Waals surface area contributed by atoms with E-state index in [0.29, 0.717) is 5.82 Å². The molecular weight excluding hydrogens is 240 g/mol. The minimum atomic E-state index is -1.12. The van der Waals surface area contributed by atoms with Crippen molar-refractivity contribution in [1.82, 2.24) is 9.55 Å². The van der Waals surface area contributed by atoms with Crippen LogP contribution in [0.3, 0.4) is 0 Å². The molecule has 5 heteroatoms. The number of aromatic nitrogens is 2. The first kappa shape index (κ1) is 11.7. The highest BCUT2D eigenvalue weighted by molar-refractivity contribution is 6.32. The van der Waals surface area contributed by atoms with Gasteiger partial charge >= 0.3 is 5.97 Å². The summed E-state index contributed by atoms with van der Waals surface area (Å²) in [5, 5.41) is 9.07. The molecular formula is C12H11ClN2O2. The molecule has 0 atom stereocenters. The van der Waals surface area contributed by atoms with Crippen LogP contribution >= 0.6 is 11.6 Å². The number of hydrogen-bond acceptors (Lipinski definition) is 2. The first-order valence-electron chi connectivity index (χ1n) is 5.03. The predicted octanol–water partition coefficient (Wildman–Crippen LogP) is 2.75. The summed E-state index contributed by atoms with van der Waals surface area (Å²) in [6, 6.07) is 7.66. The van der Waals surface area contributed by atoms with Gasteiger partial charge in [-0.2, -0.15) is 0 Å². The summed E-state index contributed by atoms with van der Waals surface area (Å²) < 4.78 is 1.57. The number of nitrogens with zero attached hydrogens (tertiary/aromatic N) is 2. The number of rotatable bonds is 2. The number of carbonyl (C=O) groups is 1. The van der Waals surface area contributed by atoms with Crippen molar-refractivity contribution in [3.63, 3.8) is 0 Å². The Kier molecular flexibility index (Phi) is 2.90. The fourth-order valence-electron chi connectivity index (χ4n) is 1.58. The number of aryl methyl sites for hydroxylation is 1. The van der Waals surface area contributed by atoms with Gasteiger partial charge in [0.05, 0.1) is 0 Å². The van der Waals surface area contributed by atoms with Crippen LogP contribution in [-0.2, 0) is 7.05 Å². The van der Waals surface area contributed by atoms with Crippen LogP contribution in [0, 0.1) is 6.92 Å². The van der Waals surface area contributed by atoms with Crippen LogP contribution in [0.1, 0.15) is 16.1 Å². The van der Waals surface area contributed by atoms with Gasteiger partial charge in [-0.3, -0.25) is 0 Å². The molecule has 88 valence electrons. The molecule has 0 spiro atoms. The van der Waals surface area contributed by atoms with E-state index < -0.39 is 5.97 Å². The molecule has 1 N–H and O–H groups in total. The zero-order chi connectivity index (χ0) is 12.6. The average Bonchev–Trinajstić information content (AvgIpc) is 2.58. The van der Waals surface area contributed by atoms with Crippen molar-refractivity contribution in [2.75, 3.05) is 0 Å². The molecule has 0 amide bonds. The van der Waals surface area contributed by atoms with Gasteiger partial charge in [0, 0.05) is 12.6 Å².